The molecule has 42 heavy (non-hydrogen) atoms. The van der Waals surface area contributed by atoms with Gasteiger partial charge in [0.2, 0.25) is 10.0 Å². The first-order valence-electron chi connectivity index (χ1n) is 12.7. The lowest BCUT2D eigenvalue weighted by atomic mass is 10.0. The largest absolute Gasteiger partial charge is 0.455 e. The van der Waals surface area contributed by atoms with Crippen LogP contribution in [0.2, 0.25) is 0 Å². The van der Waals surface area contributed by atoms with Crippen LogP contribution in [0.5, 0.6) is 0 Å². The Kier molecular flexibility index (Phi) is 6.49. The predicted octanol–water partition coefficient (Wildman–Crippen LogP) is 5.74. The van der Waals surface area contributed by atoms with E-state index in [4.69, 9.17) is 4.42 Å². The first-order valence-corrected chi connectivity index (χ1v) is 14.5. The number of nitrogens with one attached hydrogen (secondary N) is 2. The monoisotopic (exact) mass is 587 g/mol. The van der Waals surface area contributed by atoms with E-state index in [-0.39, 0.29) is 39.7 Å². The SMILES string of the molecule is CNC(=O)c1c(-c2ccc(F)cc2)oc2cc(N(C)S(C)(=O)=O)c(-c3ncc(F)c(-c4cc5ccccc5[nH]4)n3)cc12. The second kappa shape index (κ2) is 10.1. The molecule has 12 heteroatoms. The fourth-order valence-corrected chi connectivity index (χ4v) is 5.30. The van der Waals surface area contributed by atoms with E-state index in [1.54, 1.807) is 6.07 Å². The molecule has 0 spiro atoms. The molecule has 0 aliphatic heterocycles. The quantitative estimate of drug-likeness (QED) is 0.256. The summed E-state index contributed by atoms with van der Waals surface area (Å²) in [6.45, 7) is 0. The Bertz CT molecular complexity index is 2090. The van der Waals surface area contributed by atoms with Crippen molar-refractivity contribution in [3.8, 4) is 34.1 Å². The van der Waals surface area contributed by atoms with Gasteiger partial charge in [0.15, 0.2) is 11.6 Å². The van der Waals surface area contributed by atoms with Crippen LogP contribution in [-0.2, 0) is 10.0 Å². The van der Waals surface area contributed by atoms with Crippen LogP contribution in [0.4, 0.5) is 14.5 Å². The van der Waals surface area contributed by atoms with E-state index in [9.17, 15) is 17.6 Å². The first kappa shape index (κ1) is 27.1. The number of hydrogen-bond donors (Lipinski definition) is 2. The molecule has 3 aromatic heterocycles. The maximum atomic E-state index is 15.1. The molecule has 2 N–H and O–H groups in total. The van der Waals surface area contributed by atoms with Crippen molar-refractivity contribution in [1.82, 2.24) is 20.3 Å². The summed E-state index contributed by atoms with van der Waals surface area (Å²) in [5.41, 5.74) is 2.30. The van der Waals surface area contributed by atoms with Gasteiger partial charge in [-0.2, -0.15) is 0 Å². The van der Waals surface area contributed by atoms with Crippen LogP contribution >= 0.6 is 0 Å². The predicted molar refractivity (Wildman–Crippen MR) is 157 cm³/mol. The molecule has 212 valence electrons. The molecule has 0 saturated heterocycles. The third kappa shape index (κ3) is 4.65. The number of para-hydroxylation sites is 1. The number of hydrogen-bond acceptors (Lipinski definition) is 6. The molecule has 0 saturated carbocycles. The maximum absolute atomic E-state index is 15.1. The second-order valence-corrected chi connectivity index (χ2v) is 11.7. The number of rotatable bonds is 6. The van der Waals surface area contributed by atoms with E-state index >= 15 is 4.39 Å². The van der Waals surface area contributed by atoms with Crippen LogP contribution in [0, 0.1) is 11.6 Å². The van der Waals surface area contributed by atoms with Crippen LogP contribution in [-0.4, -0.2) is 49.6 Å². The Labute approximate surface area is 238 Å². The Balaban J connectivity index is 1.63. The van der Waals surface area contributed by atoms with Gasteiger partial charge in [-0.1, -0.05) is 18.2 Å². The maximum Gasteiger partial charge on any atom is 0.255 e. The lowest BCUT2D eigenvalue weighted by Crippen LogP contribution is -2.25. The van der Waals surface area contributed by atoms with Gasteiger partial charge in [-0.3, -0.25) is 9.10 Å². The highest BCUT2D eigenvalue weighted by Crippen LogP contribution is 2.41. The third-order valence-corrected chi connectivity index (χ3v) is 8.17. The third-order valence-electron chi connectivity index (χ3n) is 6.97. The minimum atomic E-state index is -3.79. The fourth-order valence-electron chi connectivity index (χ4n) is 4.79. The van der Waals surface area contributed by atoms with Crippen molar-refractivity contribution < 1.29 is 26.4 Å². The smallest absolute Gasteiger partial charge is 0.255 e. The van der Waals surface area contributed by atoms with Gasteiger partial charge in [0.05, 0.1) is 29.4 Å². The van der Waals surface area contributed by atoms with Crippen LogP contribution in [0.15, 0.2) is 77.3 Å². The number of aromatic amines is 1. The van der Waals surface area contributed by atoms with Crippen LogP contribution in [0.3, 0.4) is 0 Å². The molecule has 6 aromatic rings. The van der Waals surface area contributed by atoms with E-state index in [2.05, 4.69) is 20.3 Å². The summed E-state index contributed by atoms with van der Waals surface area (Å²) in [6, 6.07) is 17.6. The van der Waals surface area contributed by atoms with E-state index < -0.39 is 27.6 Å². The Morgan fingerprint density at radius 2 is 1.79 bits per heavy atom. The number of amides is 1. The second-order valence-electron chi connectivity index (χ2n) is 9.65. The van der Waals surface area contributed by atoms with Crippen LogP contribution < -0.4 is 9.62 Å². The van der Waals surface area contributed by atoms with Crippen molar-refractivity contribution in [2.45, 2.75) is 0 Å². The summed E-state index contributed by atoms with van der Waals surface area (Å²) in [5, 5.41) is 3.77. The highest BCUT2D eigenvalue weighted by molar-refractivity contribution is 7.92. The van der Waals surface area contributed by atoms with E-state index in [1.165, 1.54) is 50.5 Å². The fraction of sp³-hybridized carbons (Fsp3) is 0.100. The lowest BCUT2D eigenvalue weighted by Gasteiger charge is -2.20. The summed E-state index contributed by atoms with van der Waals surface area (Å²) in [4.78, 5) is 24.9. The standard InChI is InChI=1S/C30H23F2N5O4S/c1-33-30(38)26-20-13-19(29-34-15-21(32)27(36-29)23-12-17-6-4-5-7-22(17)35-23)24(37(2)42(3,39)40)14-25(20)41-28(26)16-8-10-18(31)11-9-16/h4-15,35H,1-3H3,(H,33,38). The Hall–Kier alpha value is -5.10. The number of halogens is 2. The Morgan fingerprint density at radius 3 is 2.48 bits per heavy atom. The van der Waals surface area contributed by atoms with Gasteiger partial charge in [0.25, 0.3) is 5.91 Å². The summed E-state index contributed by atoms with van der Waals surface area (Å²) in [5.74, 6) is -1.45. The van der Waals surface area contributed by atoms with Gasteiger partial charge in [-0.15, -0.1) is 0 Å². The number of anilines is 1. The van der Waals surface area contributed by atoms with Crippen molar-refractivity contribution in [3.63, 3.8) is 0 Å². The topological polar surface area (TPSA) is 121 Å². The van der Waals surface area contributed by atoms with Gasteiger partial charge in [0.1, 0.15) is 22.9 Å². The number of H-pyrrole nitrogens is 1. The number of carbonyl (C=O) groups excluding carboxylic acids is 1. The van der Waals surface area contributed by atoms with Crippen molar-refractivity contribution in [1.29, 1.82) is 0 Å². The molecule has 0 radical (unpaired) electrons. The number of furan rings is 1. The van der Waals surface area contributed by atoms with Crippen molar-refractivity contribution >= 4 is 43.5 Å². The molecule has 0 atom stereocenters. The van der Waals surface area contributed by atoms with Crippen molar-refractivity contribution in [3.05, 3.63) is 90.1 Å². The zero-order valence-corrected chi connectivity index (χ0v) is 23.4. The van der Waals surface area contributed by atoms with Gasteiger partial charge in [0, 0.05) is 47.6 Å². The average molecular weight is 588 g/mol. The number of carbonyl (C=O) groups is 1. The highest BCUT2D eigenvalue weighted by Gasteiger charge is 2.27. The number of fused-ring (bicyclic) bond motifs is 2. The molecular formula is C30H23F2N5O4S. The molecule has 3 aromatic carbocycles. The minimum Gasteiger partial charge on any atom is -0.455 e. The lowest BCUT2D eigenvalue weighted by molar-refractivity contribution is 0.0964. The highest BCUT2D eigenvalue weighted by atomic mass is 32.2. The molecule has 0 fully saturated rings. The number of aromatic nitrogens is 3. The number of sulfonamides is 1. The summed E-state index contributed by atoms with van der Waals surface area (Å²) < 4.78 is 61.2. The summed E-state index contributed by atoms with van der Waals surface area (Å²) in [6.07, 6.45) is 2.04. The number of benzene rings is 3. The van der Waals surface area contributed by atoms with E-state index in [1.807, 2.05) is 24.3 Å². The molecule has 0 unspecified atom stereocenters. The normalized spacial score (nSPS) is 11.7. The van der Waals surface area contributed by atoms with Crippen molar-refractivity contribution in [2.24, 2.45) is 0 Å². The number of nitrogens with zero attached hydrogens (tertiary/aromatic N) is 3. The first-order chi connectivity index (χ1) is 20.0. The molecule has 6 rings (SSSR count). The zero-order chi connectivity index (χ0) is 29.8. The van der Waals surface area contributed by atoms with E-state index in [0.29, 0.717) is 16.6 Å². The van der Waals surface area contributed by atoms with Crippen molar-refractivity contribution in [2.75, 3.05) is 24.7 Å². The molecule has 3 heterocycles. The average Bonchev–Trinajstić information content (AvgIpc) is 3.57. The zero-order valence-electron chi connectivity index (χ0n) is 22.6. The minimum absolute atomic E-state index is 0.0184. The summed E-state index contributed by atoms with van der Waals surface area (Å²) in [7, 11) is -0.980. The molecule has 9 nitrogen and oxygen atoms in total. The molecule has 1 amide bonds. The van der Waals surface area contributed by atoms with Gasteiger partial charge >= 0.3 is 0 Å². The van der Waals surface area contributed by atoms with Gasteiger partial charge in [-0.25, -0.2) is 27.2 Å². The molecule has 0 aliphatic carbocycles. The summed E-state index contributed by atoms with van der Waals surface area (Å²) >= 11 is 0. The van der Waals surface area contributed by atoms with Crippen LogP contribution in [0.25, 0.3) is 56.0 Å². The van der Waals surface area contributed by atoms with Gasteiger partial charge in [-0.05, 0) is 42.5 Å². The molecule has 0 aliphatic rings. The van der Waals surface area contributed by atoms with Crippen LogP contribution in [0.1, 0.15) is 10.4 Å². The van der Waals surface area contributed by atoms with E-state index in [0.717, 1.165) is 27.7 Å². The van der Waals surface area contributed by atoms with Gasteiger partial charge < -0.3 is 14.7 Å². The molecule has 0 bridgehead atoms. The Morgan fingerprint density at radius 1 is 1.05 bits per heavy atom. The molecular weight excluding hydrogens is 564 g/mol.